The lowest BCUT2D eigenvalue weighted by Crippen LogP contribution is -2.23. The molecule has 2 aromatic heterocycles. The quantitative estimate of drug-likeness (QED) is 0.736. The summed E-state index contributed by atoms with van der Waals surface area (Å²) >= 11 is 0. The molecule has 3 rings (SSSR count). The van der Waals surface area contributed by atoms with Gasteiger partial charge in [0.25, 0.3) is 0 Å². The normalized spacial score (nSPS) is 11.6. The van der Waals surface area contributed by atoms with Gasteiger partial charge in [0.2, 0.25) is 15.8 Å². The molecule has 0 saturated carbocycles. The first-order valence-corrected chi connectivity index (χ1v) is 8.62. The summed E-state index contributed by atoms with van der Waals surface area (Å²) in [6, 6.07) is 10.2. The second-order valence-electron chi connectivity index (χ2n) is 5.08. The van der Waals surface area contributed by atoms with Crippen molar-refractivity contribution in [2.75, 3.05) is 7.11 Å². The highest BCUT2D eigenvalue weighted by Crippen LogP contribution is 2.28. The molecule has 1 N–H and O–H groups in total. The Hall–Kier alpha value is -2.58. The van der Waals surface area contributed by atoms with Crippen LogP contribution in [0, 0.1) is 6.92 Å². The number of nitrogens with zero attached hydrogens (tertiary/aromatic N) is 1. The topological polar surface area (TPSA) is 94.6 Å². The molecular weight excluding hydrogens is 332 g/mol. The van der Waals surface area contributed by atoms with Gasteiger partial charge >= 0.3 is 0 Å². The Morgan fingerprint density at radius 2 is 2.04 bits per heavy atom. The number of hydrogen-bond acceptors (Lipinski definition) is 6. The smallest absolute Gasteiger partial charge is 0.244 e. The average molecular weight is 348 g/mol. The molecule has 0 atom stereocenters. The number of aromatic nitrogens is 1. The summed E-state index contributed by atoms with van der Waals surface area (Å²) < 4.78 is 43.2. The van der Waals surface area contributed by atoms with Gasteiger partial charge in [0.1, 0.15) is 16.4 Å². The second kappa shape index (κ2) is 6.50. The fraction of sp³-hybridized carbons (Fsp3) is 0.188. The van der Waals surface area contributed by atoms with E-state index < -0.39 is 10.0 Å². The number of furan rings is 1. The van der Waals surface area contributed by atoms with Gasteiger partial charge < -0.3 is 13.7 Å². The number of ether oxygens (including phenoxy) is 1. The molecule has 0 radical (unpaired) electrons. The summed E-state index contributed by atoms with van der Waals surface area (Å²) in [4.78, 5) is 0.0665. The van der Waals surface area contributed by atoms with E-state index in [1.807, 2.05) is 6.07 Å². The van der Waals surface area contributed by atoms with Crippen LogP contribution < -0.4 is 9.46 Å². The molecule has 0 fully saturated rings. The first kappa shape index (κ1) is 16.3. The lowest BCUT2D eigenvalue weighted by molar-refractivity contribution is 0.414. The van der Waals surface area contributed by atoms with Crippen molar-refractivity contribution in [1.29, 1.82) is 0 Å². The van der Waals surface area contributed by atoms with Crippen molar-refractivity contribution in [3.05, 3.63) is 53.9 Å². The molecule has 1 aromatic carbocycles. The zero-order chi connectivity index (χ0) is 17.2. The van der Waals surface area contributed by atoms with Crippen LogP contribution in [-0.4, -0.2) is 20.7 Å². The number of aryl methyl sites for hydroxylation is 1. The van der Waals surface area contributed by atoms with E-state index >= 15 is 0 Å². The summed E-state index contributed by atoms with van der Waals surface area (Å²) in [6.45, 7) is 1.72. The van der Waals surface area contributed by atoms with Crippen LogP contribution >= 0.6 is 0 Å². The van der Waals surface area contributed by atoms with E-state index in [1.54, 1.807) is 38.3 Å². The van der Waals surface area contributed by atoms with E-state index in [0.717, 1.165) is 5.56 Å². The Morgan fingerprint density at radius 1 is 1.21 bits per heavy atom. The van der Waals surface area contributed by atoms with Crippen LogP contribution in [0.4, 0.5) is 0 Å². The SMILES string of the molecule is COc1cccc(CNS(=O)(=O)c2cc(-c3ccno3)oc2C)c1. The molecule has 3 aromatic rings. The Kier molecular flexibility index (Phi) is 4.41. The zero-order valence-electron chi connectivity index (χ0n) is 13.1. The van der Waals surface area contributed by atoms with Crippen molar-refractivity contribution in [2.24, 2.45) is 0 Å². The largest absolute Gasteiger partial charge is 0.497 e. The van der Waals surface area contributed by atoms with Crippen LogP contribution in [0.25, 0.3) is 11.5 Å². The van der Waals surface area contributed by atoms with Gasteiger partial charge in [-0.3, -0.25) is 0 Å². The molecule has 8 heteroatoms. The lowest BCUT2D eigenvalue weighted by atomic mass is 10.2. The number of benzene rings is 1. The van der Waals surface area contributed by atoms with Gasteiger partial charge in [0.05, 0.1) is 13.3 Å². The molecule has 0 unspecified atom stereocenters. The van der Waals surface area contributed by atoms with Crippen molar-refractivity contribution < 1.29 is 22.1 Å². The van der Waals surface area contributed by atoms with Crippen LogP contribution in [0.15, 0.2) is 56.4 Å². The number of methoxy groups -OCH3 is 1. The Labute approximate surface area is 139 Å². The molecule has 0 amide bonds. The molecule has 0 bridgehead atoms. The van der Waals surface area contributed by atoms with Crippen molar-refractivity contribution >= 4 is 10.0 Å². The van der Waals surface area contributed by atoms with Gasteiger partial charge in [-0.1, -0.05) is 17.3 Å². The fourth-order valence-electron chi connectivity index (χ4n) is 2.24. The molecule has 126 valence electrons. The number of hydrogen-bond donors (Lipinski definition) is 1. The Morgan fingerprint density at radius 3 is 2.75 bits per heavy atom. The van der Waals surface area contributed by atoms with Crippen LogP contribution in [0.1, 0.15) is 11.3 Å². The summed E-state index contributed by atoms with van der Waals surface area (Å²) in [6.07, 6.45) is 1.46. The van der Waals surface area contributed by atoms with Gasteiger partial charge in [-0.05, 0) is 24.6 Å². The molecule has 7 nitrogen and oxygen atoms in total. The summed E-state index contributed by atoms with van der Waals surface area (Å²) in [5.41, 5.74) is 0.787. The van der Waals surface area contributed by atoms with Gasteiger partial charge in [0, 0.05) is 18.7 Å². The van der Waals surface area contributed by atoms with Crippen molar-refractivity contribution in [3.8, 4) is 17.3 Å². The summed E-state index contributed by atoms with van der Waals surface area (Å²) in [7, 11) is -2.17. The minimum absolute atomic E-state index is 0.0665. The molecular formula is C16H16N2O5S. The molecule has 24 heavy (non-hydrogen) atoms. The maximum Gasteiger partial charge on any atom is 0.244 e. The molecule has 0 saturated heterocycles. The lowest BCUT2D eigenvalue weighted by Gasteiger charge is -2.07. The number of sulfonamides is 1. The minimum atomic E-state index is -3.73. The molecule has 0 aliphatic carbocycles. The van der Waals surface area contributed by atoms with E-state index in [-0.39, 0.29) is 17.2 Å². The molecule has 2 heterocycles. The fourth-order valence-corrected chi connectivity index (χ4v) is 3.43. The van der Waals surface area contributed by atoms with E-state index in [0.29, 0.717) is 17.3 Å². The van der Waals surface area contributed by atoms with Crippen molar-refractivity contribution in [1.82, 2.24) is 9.88 Å². The van der Waals surface area contributed by atoms with Crippen LogP contribution in [0.3, 0.4) is 0 Å². The summed E-state index contributed by atoms with van der Waals surface area (Å²) in [5, 5.41) is 3.58. The predicted octanol–water partition coefficient (Wildman–Crippen LogP) is 2.73. The Balaban J connectivity index is 1.80. The van der Waals surface area contributed by atoms with Crippen molar-refractivity contribution in [3.63, 3.8) is 0 Å². The van der Waals surface area contributed by atoms with E-state index in [4.69, 9.17) is 13.7 Å². The van der Waals surface area contributed by atoms with Crippen molar-refractivity contribution in [2.45, 2.75) is 18.4 Å². The van der Waals surface area contributed by atoms with Crippen LogP contribution in [0.2, 0.25) is 0 Å². The zero-order valence-corrected chi connectivity index (χ0v) is 14.0. The average Bonchev–Trinajstić information content (AvgIpc) is 3.23. The first-order chi connectivity index (χ1) is 11.5. The highest BCUT2D eigenvalue weighted by Gasteiger charge is 2.23. The maximum atomic E-state index is 12.5. The van der Waals surface area contributed by atoms with E-state index in [1.165, 1.54) is 12.3 Å². The number of nitrogens with one attached hydrogen (secondary N) is 1. The molecule has 0 aliphatic rings. The predicted molar refractivity (Wildman–Crippen MR) is 86.0 cm³/mol. The summed E-state index contributed by atoms with van der Waals surface area (Å²) in [5.74, 6) is 1.62. The highest BCUT2D eigenvalue weighted by molar-refractivity contribution is 7.89. The third-order valence-electron chi connectivity index (χ3n) is 3.44. The van der Waals surface area contributed by atoms with Gasteiger partial charge in [-0.2, -0.15) is 0 Å². The third kappa shape index (κ3) is 3.34. The first-order valence-electron chi connectivity index (χ1n) is 7.13. The Bertz CT molecular complexity index is 929. The van der Waals surface area contributed by atoms with Crippen LogP contribution in [-0.2, 0) is 16.6 Å². The third-order valence-corrected chi connectivity index (χ3v) is 4.95. The highest BCUT2D eigenvalue weighted by atomic mass is 32.2. The molecule has 0 spiro atoms. The van der Waals surface area contributed by atoms with E-state index in [2.05, 4.69) is 9.88 Å². The molecule has 0 aliphatic heterocycles. The number of rotatable bonds is 6. The van der Waals surface area contributed by atoms with Gasteiger partial charge in [-0.15, -0.1) is 0 Å². The van der Waals surface area contributed by atoms with Crippen LogP contribution in [0.5, 0.6) is 5.75 Å². The second-order valence-corrected chi connectivity index (χ2v) is 6.82. The minimum Gasteiger partial charge on any atom is -0.497 e. The van der Waals surface area contributed by atoms with E-state index in [9.17, 15) is 8.42 Å². The maximum absolute atomic E-state index is 12.5. The standard InChI is InChI=1S/C16H16N2O5S/c1-11-16(9-15(22-11)14-6-7-17-23-14)24(19,20)18-10-12-4-3-5-13(8-12)21-2/h3-9,18H,10H2,1-2H3. The monoisotopic (exact) mass is 348 g/mol. The van der Waals surface area contributed by atoms with Gasteiger partial charge in [0.15, 0.2) is 5.76 Å². The van der Waals surface area contributed by atoms with Gasteiger partial charge in [-0.25, -0.2) is 13.1 Å².